The molecule has 0 heterocycles. The molecule has 0 fully saturated rings. The van der Waals surface area contributed by atoms with Crippen molar-refractivity contribution >= 4 is 0 Å². The van der Waals surface area contributed by atoms with Crippen molar-refractivity contribution in [3.63, 3.8) is 0 Å². The van der Waals surface area contributed by atoms with Gasteiger partial charge in [-0.2, -0.15) is 5.26 Å². The van der Waals surface area contributed by atoms with E-state index in [1.54, 1.807) is 6.92 Å². The minimum absolute atomic E-state index is 0.483. The fraction of sp³-hybridized carbons (Fsp3) is 0.727. The van der Waals surface area contributed by atoms with E-state index in [0.717, 1.165) is 11.8 Å². The lowest BCUT2D eigenvalue weighted by atomic mass is 10.0. The SMILES string of the molecule is CCC1C=CC(C)C1.CCOC#N. The van der Waals surface area contributed by atoms with Gasteiger partial charge in [-0.3, -0.25) is 0 Å². The largest absolute Gasteiger partial charge is 0.428 e. The first-order valence-electron chi connectivity index (χ1n) is 4.93. The molecule has 0 amide bonds. The number of nitriles is 1. The second-order valence-corrected chi connectivity index (χ2v) is 3.29. The zero-order chi connectivity index (χ0) is 10.1. The summed E-state index contributed by atoms with van der Waals surface area (Å²) >= 11 is 0. The van der Waals surface area contributed by atoms with E-state index in [4.69, 9.17) is 5.26 Å². The third kappa shape index (κ3) is 6.21. The summed E-state index contributed by atoms with van der Waals surface area (Å²) in [6.45, 7) is 6.79. The summed E-state index contributed by atoms with van der Waals surface area (Å²) in [6, 6.07) is 0. The monoisotopic (exact) mass is 181 g/mol. The first-order valence-corrected chi connectivity index (χ1v) is 4.93. The molecule has 0 aromatic carbocycles. The van der Waals surface area contributed by atoms with E-state index >= 15 is 0 Å². The van der Waals surface area contributed by atoms with Crippen molar-refractivity contribution in [2.75, 3.05) is 6.61 Å². The van der Waals surface area contributed by atoms with Crippen LogP contribution in [0.5, 0.6) is 0 Å². The van der Waals surface area contributed by atoms with Crippen LogP contribution in [0.1, 0.15) is 33.6 Å². The van der Waals surface area contributed by atoms with Crippen molar-refractivity contribution in [3.05, 3.63) is 12.2 Å². The van der Waals surface area contributed by atoms with Gasteiger partial charge >= 0.3 is 0 Å². The lowest BCUT2D eigenvalue weighted by Gasteiger charge is -2.02. The van der Waals surface area contributed by atoms with E-state index in [2.05, 4.69) is 30.7 Å². The van der Waals surface area contributed by atoms with Crippen LogP contribution in [0, 0.1) is 23.4 Å². The average molecular weight is 181 g/mol. The van der Waals surface area contributed by atoms with Gasteiger partial charge in [0.2, 0.25) is 0 Å². The molecule has 74 valence electrons. The number of hydrogen-bond acceptors (Lipinski definition) is 2. The maximum absolute atomic E-state index is 7.59. The molecule has 0 saturated carbocycles. The molecule has 0 aliphatic heterocycles. The lowest BCUT2D eigenvalue weighted by molar-refractivity contribution is 0.291. The Hall–Kier alpha value is -0.970. The molecule has 0 saturated heterocycles. The summed E-state index contributed by atoms with van der Waals surface area (Å²) in [5.41, 5.74) is 0. The molecule has 0 N–H and O–H groups in total. The summed E-state index contributed by atoms with van der Waals surface area (Å²) in [7, 11) is 0. The Balaban J connectivity index is 0.000000252. The van der Waals surface area contributed by atoms with Gasteiger partial charge < -0.3 is 4.74 Å². The highest BCUT2D eigenvalue weighted by Gasteiger charge is 2.11. The number of nitrogens with zero attached hydrogens (tertiary/aromatic N) is 1. The van der Waals surface area contributed by atoms with Crippen LogP contribution in [0.4, 0.5) is 0 Å². The summed E-state index contributed by atoms with van der Waals surface area (Å²) in [5.74, 6) is 1.74. The van der Waals surface area contributed by atoms with Crippen LogP contribution >= 0.6 is 0 Å². The van der Waals surface area contributed by atoms with Gasteiger partial charge in [0.15, 0.2) is 0 Å². The number of rotatable bonds is 2. The van der Waals surface area contributed by atoms with Crippen LogP contribution < -0.4 is 0 Å². The zero-order valence-electron chi connectivity index (χ0n) is 8.79. The molecule has 1 aliphatic carbocycles. The van der Waals surface area contributed by atoms with Crippen molar-refractivity contribution in [1.29, 1.82) is 5.26 Å². The second-order valence-electron chi connectivity index (χ2n) is 3.29. The van der Waals surface area contributed by atoms with E-state index in [-0.39, 0.29) is 0 Å². The number of hydrogen-bond donors (Lipinski definition) is 0. The number of allylic oxidation sites excluding steroid dienone is 2. The highest BCUT2D eigenvalue weighted by Crippen LogP contribution is 2.24. The first kappa shape index (κ1) is 12.0. The zero-order valence-corrected chi connectivity index (χ0v) is 8.79. The van der Waals surface area contributed by atoms with E-state index in [1.165, 1.54) is 19.1 Å². The molecule has 0 bridgehead atoms. The van der Waals surface area contributed by atoms with Gasteiger partial charge in [0.05, 0.1) is 6.61 Å². The fourth-order valence-electron chi connectivity index (χ4n) is 1.35. The normalized spacial score (nSPS) is 24.5. The highest BCUT2D eigenvalue weighted by atomic mass is 16.5. The van der Waals surface area contributed by atoms with E-state index < -0.39 is 0 Å². The minimum Gasteiger partial charge on any atom is -0.428 e. The molecule has 1 aliphatic rings. The summed E-state index contributed by atoms with van der Waals surface area (Å²) in [6.07, 6.45) is 8.90. The fourth-order valence-corrected chi connectivity index (χ4v) is 1.35. The Labute approximate surface area is 81.2 Å². The summed E-state index contributed by atoms with van der Waals surface area (Å²) in [5, 5.41) is 7.59. The molecular weight excluding hydrogens is 162 g/mol. The predicted molar refractivity (Wildman–Crippen MR) is 53.9 cm³/mol. The predicted octanol–water partition coefficient (Wildman–Crippen LogP) is 3.11. The lowest BCUT2D eigenvalue weighted by Crippen LogP contribution is -1.91. The smallest absolute Gasteiger partial charge is 0.286 e. The molecule has 0 radical (unpaired) electrons. The minimum atomic E-state index is 0.483. The van der Waals surface area contributed by atoms with Crippen LogP contribution in [0.15, 0.2) is 12.2 Å². The second kappa shape index (κ2) is 7.67. The van der Waals surface area contributed by atoms with Crippen molar-refractivity contribution < 1.29 is 4.74 Å². The maximum atomic E-state index is 7.59. The first-order chi connectivity index (χ1) is 6.24. The van der Waals surface area contributed by atoms with Crippen LogP contribution in [0.2, 0.25) is 0 Å². The molecule has 2 heteroatoms. The van der Waals surface area contributed by atoms with E-state index in [9.17, 15) is 0 Å². The number of ether oxygens (including phenoxy) is 1. The van der Waals surface area contributed by atoms with Gasteiger partial charge in [0, 0.05) is 0 Å². The van der Waals surface area contributed by atoms with Gasteiger partial charge in [0.1, 0.15) is 0 Å². The van der Waals surface area contributed by atoms with Crippen molar-refractivity contribution in [3.8, 4) is 6.26 Å². The third-order valence-corrected chi connectivity index (χ3v) is 2.12. The van der Waals surface area contributed by atoms with E-state index in [1.807, 2.05) is 0 Å². The standard InChI is InChI=1S/C8H14.C3H5NO/c1-3-8-5-4-7(2)6-8;1-2-5-3-4/h4-5,7-8H,3,6H2,1-2H3;2H2,1H3. The van der Waals surface area contributed by atoms with Gasteiger partial charge in [-0.25, -0.2) is 0 Å². The van der Waals surface area contributed by atoms with Crippen LogP contribution in [0.3, 0.4) is 0 Å². The molecule has 1 rings (SSSR count). The van der Waals surface area contributed by atoms with Gasteiger partial charge in [-0.15, -0.1) is 0 Å². The summed E-state index contributed by atoms with van der Waals surface area (Å²) < 4.78 is 4.14. The Bertz CT molecular complexity index is 181. The molecule has 0 spiro atoms. The molecule has 2 nitrogen and oxygen atoms in total. The van der Waals surface area contributed by atoms with Crippen molar-refractivity contribution in [2.24, 2.45) is 11.8 Å². The maximum Gasteiger partial charge on any atom is 0.286 e. The Morgan fingerprint density at radius 3 is 2.31 bits per heavy atom. The van der Waals surface area contributed by atoms with Gasteiger partial charge in [-0.1, -0.05) is 26.0 Å². The van der Waals surface area contributed by atoms with Crippen LogP contribution in [-0.4, -0.2) is 6.61 Å². The van der Waals surface area contributed by atoms with Gasteiger partial charge in [0.25, 0.3) is 6.26 Å². The van der Waals surface area contributed by atoms with E-state index in [0.29, 0.717) is 6.61 Å². The molecule has 2 atom stereocenters. The Kier molecular flexibility index (Phi) is 7.10. The Morgan fingerprint density at radius 1 is 1.46 bits per heavy atom. The average Bonchev–Trinajstić information content (AvgIpc) is 2.54. The van der Waals surface area contributed by atoms with Crippen LogP contribution in [-0.2, 0) is 4.74 Å². The van der Waals surface area contributed by atoms with Gasteiger partial charge in [-0.05, 0) is 31.6 Å². The van der Waals surface area contributed by atoms with Crippen LogP contribution in [0.25, 0.3) is 0 Å². The molecule has 0 aromatic rings. The molecule has 2 unspecified atom stereocenters. The summed E-state index contributed by atoms with van der Waals surface area (Å²) in [4.78, 5) is 0. The molecular formula is C11H19NO. The molecule has 0 aromatic heterocycles. The highest BCUT2D eigenvalue weighted by molar-refractivity contribution is 4.99. The quantitative estimate of drug-likeness (QED) is 0.484. The van der Waals surface area contributed by atoms with Crippen molar-refractivity contribution in [2.45, 2.75) is 33.6 Å². The topological polar surface area (TPSA) is 33.0 Å². The third-order valence-electron chi connectivity index (χ3n) is 2.12. The van der Waals surface area contributed by atoms with Crippen molar-refractivity contribution in [1.82, 2.24) is 0 Å². The molecule has 13 heavy (non-hydrogen) atoms. The Morgan fingerprint density at radius 2 is 2.15 bits per heavy atom.